The van der Waals surface area contributed by atoms with Crippen LogP contribution in [0.1, 0.15) is 62.5 Å². The molecule has 0 aliphatic heterocycles. The monoisotopic (exact) mass is 648 g/mol. The van der Waals surface area contributed by atoms with E-state index in [-0.39, 0.29) is 17.0 Å². The van der Waals surface area contributed by atoms with Gasteiger partial charge in [-0.3, -0.25) is 0 Å². The van der Waals surface area contributed by atoms with Gasteiger partial charge in [0.2, 0.25) is 0 Å². The first-order valence-electron chi connectivity index (χ1n) is 14.8. The Balaban J connectivity index is 1.32. The lowest BCUT2D eigenvalue weighted by Gasteiger charge is -2.29. The third kappa shape index (κ3) is 7.11. The van der Waals surface area contributed by atoms with Crippen molar-refractivity contribution in [2.45, 2.75) is 57.5 Å². The predicted molar refractivity (Wildman–Crippen MR) is 157 cm³/mol. The van der Waals surface area contributed by atoms with Gasteiger partial charge in [0.05, 0.1) is 0 Å². The van der Waals surface area contributed by atoms with Crippen LogP contribution < -0.4 is 4.74 Å². The average Bonchev–Trinajstić information content (AvgIpc) is 2.99. The van der Waals surface area contributed by atoms with Crippen LogP contribution >= 0.6 is 0 Å². The van der Waals surface area contributed by atoms with Crippen molar-refractivity contribution in [3.05, 3.63) is 125 Å². The Labute approximate surface area is 260 Å². The van der Waals surface area contributed by atoms with Crippen LogP contribution in [0.15, 0.2) is 72.8 Å². The Hall–Kier alpha value is -4.21. The lowest BCUT2D eigenvalue weighted by atomic mass is 9.77. The van der Waals surface area contributed by atoms with Gasteiger partial charge in [-0.1, -0.05) is 24.3 Å². The molecule has 1 aliphatic carbocycles. The standard InChI is InChI=1S/C36H29F9O/c1-2-3-4-5-20-6-8-21(9-7-20)22-10-12-26(28(37)14-22)23-15-30(39)34(31(40)16-23)36(44,45)46-25-11-13-27(29(38)19-25)24-17-32(41)35(43)33(42)18-24/h2-3,10-21H,4-9H2,1H3. The quantitative estimate of drug-likeness (QED) is 0.0997. The lowest BCUT2D eigenvalue weighted by Crippen LogP contribution is -2.25. The summed E-state index contributed by atoms with van der Waals surface area (Å²) in [7, 11) is 0. The molecule has 0 radical (unpaired) electrons. The topological polar surface area (TPSA) is 9.23 Å². The Morgan fingerprint density at radius 3 is 1.76 bits per heavy atom. The molecule has 1 aliphatic rings. The van der Waals surface area contributed by atoms with Crippen LogP contribution in [-0.4, -0.2) is 0 Å². The molecule has 46 heavy (non-hydrogen) atoms. The van der Waals surface area contributed by atoms with Gasteiger partial charge in [0.25, 0.3) is 0 Å². The number of ether oxygens (including phenoxy) is 1. The van der Waals surface area contributed by atoms with Gasteiger partial charge in [-0.25, -0.2) is 30.7 Å². The van der Waals surface area contributed by atoms with Crippen LogP contribution in [-0.2, 0) is 6.11 Å². The molecule has 1 nitrogen and oxygen atoms in total. The van der Waals surface area contributed by atoms with E-state index in [9.17, 15) is 17.6 Å². The molecule has 10 heteroatoms. The van der Waals surface area contributed by atoms with Crippen molar-refractivity contribution in [2.75, 3.05) is 0 Å². The maximum absolute atomic E-state index is 15.2. The number of alkyl halides is 2. The molecule has 0 aromatic heterocycles. The minimum absolute atomic E-state index is 0.144. The molecule has 242 valence electrons. The molecule has 0 N–H and O–H groups in total. The van der Waals surface area contributed by atoms with Crippen molar-refractivity contribution in [1.82, 2.24) is 0 Å². The lowest BCUT2D eigenvalue weighted by molar-refractivity contribution is -0.189. The van der Waals surface area contributed by atoms with Crippen molar-refractivity contribution < 1.29 is 44.3 Å². The first-order chi connectivity index (χ1) is 21.9. The average molecular weight is 649 g/mol. The van der Waals surface area contributed by atoms with E-state index in [2.05, 4.69) is 10.8 Å². The molecule has 0 atom stereocenters. The van der Waals surface area contributed by atoms with Crippen LogP contribution in [0.4, 0.5) is 39.5 Å². The minimum Gasteiger partial charge on any atom is -0.429 e. The largest absolute Gasteiger partial charge is 0.432 e. The highest BCUT2D eigenvalue weighted by molar-refractivity contribution is 5.66. The summed E-state index contributed by atoms with van der Waals surface area (Å²) in [5.74, 6) is -10.6. The molecule has 4 aromatic rings. The SMILES string of the molecule is CC=CCCC1CCC(c2ccc(-c3cc(F)c(C(F)(F)Oc4ccc(-c5cc(F)c(F)c(F)c5)c(F)c4)c(F)c3)c(F)c2)CC1. The van der Waals surface area contributed by atoms with Gasteiger partial charge < -0.3 is 4.74 Å². The second-order valence-corrected chi connectivity index (χ2v) is 11.4. The second-order valence-electron chi connectivity index (χ2n) is 11.4. The van der Waals surface area contributed by atoms with Gasteiger partial charge in [-0.2, -0.15) is 8.78 Å². The number of halogens is 9. The van der Waals surface area contributed by atoms with Crippen LogP contribution in [0.2, 0.25) is 0 Å². The van der Waals surface area contributed by atoms with Gasteiger partial charge in [0, 0.05) is 17.2 Å². The van der Waals surface area contributed by atoms with Crippen molar-refractivity contribution in [2.24, 2.45) is 5.92 Å². The molecule has 4 aromatic carbocycles. The fourth-order valence-electron chi connectivity index (χ4n) is 6.01. The molecular weight excluding hydrogens is 619 g/mol. The van der Waals surface area contributed by atoms with Crippen molar-refractivity contribution in [3.63, 3.8) is 0 Å². The molecular formula is C36H29F9O. The number of benzene rings is 4. The van der Waals surface area contributed by atoms with E-state index in [1.807, 2.05) is 13.0 Å². The number of rotatable bonds is 9. The number of hydrogen-bond acceptors (Lipinski definition) is 1. The summed E-state index contributed by atoms with van der Waals surface area (Å²) in [6, 6.07) is 8.52. The fourth-order valence-corrected chi connectivity index (χ4v) is 6.01. The van der Waals surface area contributed by atoms with Gasteiger partial charge >= 0.3 is 6.11 Å². The normalized spacial score (nSPS) is 17.1. The smallest absolute Gasteiger partial charge is 0.429 e. The Kier molecular flexibility index (Phi) is 9.84. The highest BCUT2D eigenvalue weighted by Gasteiger charge is 2.41. The molecule has 1 fully saturated rings. The zero-order chi connectivity index (χ0) is 33.2. The molecule has 0 saturated heterocycles. The highest BCUT2D eigenvalue weighted by Crippen LogP contribution is 2.41. The third-order valence-corrected chi connectivity index (χ3v) is 8.41. The summed E-state index contributed by atoms with van der Waals surface area (Å²) in [5, 5.41) is 0. The Bertz CT molecular complexity index is 1710. The molecule has 1 saturated carbocycles. The molecule has 0 amide bonds. The van der Waals surface area contributed by atoms with E-state index in [1.165, 1.54) is 12.1 Å². The van der Waals surface area contributed by atoms with Gasteiger partial charge in [0.15, 0.2) is 17.5 Å². The van der Waals surface area contributed by atoms with Crippen LogP contribution in [0.3, 0.4) is 0 Å². The van der Waals surface area contributed by atoms with Crippen molar-refractivity contribution in [1.29, 1.82) is 0 Å². The number of hydrogen-bond donors (Lipinski definition) is 0. The van der Waals surface area contributed by atoms with E-state index in [4.69, 9.17) is 0 Å². The van der Waals surface area contributed by atoms with Crippen molar-refractivity contribution in [3.8, 4) is 28.0 Å². The first-order valence-corrected chi connectivity index (χ1v) is 14.8. The Morgan fingerprint density at radius 2 is 1.22 bits per heavy atom. The highest BCUT2D eigenvalue weighted by atomic mass is 19.3. The maximum Gasteiger partial charge on any atom is 0.432 e. The van der Waals surface area contributed by atoms with Gasteiger partial charge in [-0.05, 0) is 116 Å². The number of allylic oxidation sites excluding steroid dienone is 2. The fraction of sp³-hybridized carbons (Fsp3) is 0.278. The zero-order valence-electron chi connectivity index (χ0n) is 24.6. The Morgan fingerprint density at radius 1 is 0.674 bits per heavy atom. The summed E-state index contributed by atoms with van der Waals surface area (Å²) in [4.78, 5) is 0. The van der Waals surface area contributed by atoms with Crippen LogP contribution in [0, 0.1) is 46.6 Å². The first kappa shape index (κ1) is 33.2. The summed E-state index contributed by atoms with van der Waals surface area (Å²) >= 11 is 0. The minimum atomic E-state index is -4.65. The van der Waals surface area contributed by atoms with Crippen LogP contribution in [0.5, 0.6) is 5.75 Å². The van der Waals surface area contributed by atoms with E-state index in [1.54, 1.807) is 6.07 Å². The van der Waals surface area contributed by atoms with E-state index in [0.717, 1.165) is 56.2 Å². The summed E-state index contributed by atoms with van der Waals surface area (Å²) < 4.78 is 135. The second kappa shape index (κ2) is 13.6. The molecule has 0 unspecified atom stereocenters. The maximum atomic E-state index is 15.2. The molecule has 0 bridgehead atoms. The predicted octanol–water partition coefficient (Wildman–Crippen LogP) is 11.8. The molecule has 0 spiro atoms. The van der Waals surface area contributed by atoms with E-state index in [0.29, 0.717) is 36.2 Å². The van der Waals surface area contributed by atoms with Crippen LogP contribution in [0.25, 0.3) is 22.3 Å². The van der Waals surface area contributed by atoms with E-state index >= 15 is 22.0 Å². The van der Waals surface area contributed by atoms with E-state index < -0.39 is 69.3 Å². The zero-order valence-corrected chi connectivity index (χ0v) is 24.6. The molecule has 0 heterocycles. The molecule has 5 rings (SSSR count). The van der Waals surface area contributed by atoms with Gasteiger partial charge in [0.1, 0.15) is 34.6 Å². The third-order valence-electron chi connectivity index (χ3n) is 8.41. The summed E-state index contributed by atoms with van der Waals surface area (Å²) in [6.07, 6.45) is 5.46. The van der Waals surface area contributed by atoms with Crippen molar-refractivity contribution >= 4 is 0 Å². The summed E-state index contributed by atoms with van der Waals surface area (Å²) in [6.45, 7) is 1.98. The summed E-state index contributed by atoms with van der Waals surface area (Å²) in [5.41, 5.74) is -2.41. The van der Waals surface area contributed by atoms with Gasteiger partial charge in [-0.15, -0.1) is 0 Å².